The van der Waals surface area contributed by atoms with E-state index in [9.17, 15) is 0 Å². The molecule has 0 amide bonds. The summed E-state index contributed by atoms with van der Waals surface area (Å²) < 4.78 is 0. The van der Waals surface area contributed by atoms with E-state index in [1.54, 1.807) is 0 Å². The first-order valence-corrected chi connectivity index (χ1v) is 5.37. The minimum atomic E-state index is 0.673. The number of halogens is 1. The lowest BCUT2D eigenvalue weighted by Gasteiger charge is -2.03. The topological polar surface area (TPSA) is 23.8 Å². The Balaban J connectivity index is 3.27. The molecule has 0 radical (unpaired) electrons. The molecule has 0 bridgehead atoms. The maximum absolute atomic E-state index is 8.76. The molecule has 0 aliphatic heterocycles. The van der Waals surface area contributed by atoms with E-state index in [1.807, 2.05) is 26.0 Å². The average Bonchev–Trinajstić information content (AvgIpc) is 2.16. The zero-order valence-corrected chi connectivity index (χ0v) is 9.77. The van der Waals surface area contributed by atoms with E-state index in [0.717, 1.165) is 16.7 Å². The molecule has 0 saturated carbocycles. The van der Waals surface area contributed by atoms with Gasteiger partial charge in [0.1, 0.15) is 0 Å². The number of hydrogen-bond donors (Lipinski definition) is 0. The second-order valence-corrected chi connectivity index (χ2v) is 3.59. The first-order valence-electron chi connectivity index (χ1n) is 4.25. The molecule has 0 unspecified atom stereocenters. The number of rotatable bonds is 0. The van der Waals surface area contributed by atoms with Crippen molar-refractivity contribution in [3.63, 3.8) is 0 Å². The van der Waals surface area contributed by atoms with Gasteiger partial charge in [0.2, 0.25) is 0 Å². The molecule has 0 heterocycles. The number of nitrogens with zero attached hydrogens (tertiary/aromatic N) is 1. The lowest BCUT2D eigenvalue weighted by Crippen LogP contribution is -1.90. The van der Waals surface area contributed by atoms with E-state index in [4.69, 9.17) is 5.26 Å². The van der Waals surface area contributed by atoms with Crippen LogP contribution in [0.2, 0.25) is 0 Å². The third-order valence-electron chi connectivity index (χ3n) is 1.94. The highest BCUT2D eigenvalue weighted by Gasteiger charge is 2.01. The van der Waals surface area contributed by atoms with Gasteiger partial charge < -0.3 is 0 Å². The van der Waals surface area contributed by atoms with Crippen LogP contribution in [0.4, 0.5) is 0 Å². The van der Waals surface area contributed by atoms with Crippen molar-refractivity contribution in [3.05, 3.63) is 34.4 Å². The molecule has 2 heteroatoms. The Bertz CT molecular complexity index is 421. The maximum Gasteiger partial charge on any atom is 0.0991 e. The van der Waals surface area contributed by atoms with Crippen molar-refractivity contribution in [2.45, 2.75) is 13.8 Å². The van der Waals surface area contributed by atoms with Crippen LogP contribution in [0.1, 0.15) is 22.3 Å². The Kier molecular flexibility index (Phi) is 3.74. The smallest absolute Gasteiger partial charge is 0.0991 e. The first-order chi connectivity index (χ1) is 6.69. The highest BCUT2D eigenvalue weighted by atomic mass is 79.9. The summed E-state index contributed by atoms with van der Waals surface area (Å²) in [4.78, 5) is 0. The summed E-state index contributed by atoms with van der Waals surface area (Å²) in [6, 6.07) is 5.87. The van der Waals surface area contributed by atoms with Crippen LogP contribution in [0.5, 0.6) is 0 Å². The zero-order valence-electron chi connectivity index (χ0n) is 8.19. The number of aryl methyl sites for hydroxylation is 2. The van der Waals surface area contributed by atoms with Gasteiger partial charge in [-0.05, 0) is 37.1 Å². The summed E-state index contributed by atoms with van der Waals surface area (Å²) in [6.45, 7) is 3.96. The van der Waals surface area contributed by atoms with Gasteiger partial charge in [0.15, 0.2) is 0 Å². The summed E-state index contributed by atoms with van der Waals surface area (Å²) in [5.41, 5.74) is 3.86. The first kappa shape index (κ1) is 10.8. The molecule has 0 spiro atoms. The molecular weight excluding hydrogens is 238 g/mol. The summed E-state index contributed by atoms with van der Waals surface area (Å²) >= 11 is 3.26. The van der Waals surface area contributed by atoms with Gasteiger partial charge in [0, 0.05) is 5.56 Å². The van der Waals surface area contributed by atoms with Crippen LogP contribution in [0.15, 0.2) is 12.1 Å². The average molecular weight is 248 g/mol. The fraction of sp³-hybridized carbons (Fsp3) is 0.250. The molecule has 1 rings (SSSR count). The zero-order chi connectivity index (χ0) is 10.6. The van der Waals surface area contributed by atoms with E-state index in [1.165, 1.54) is 0 Å². The second kappa shape index (κ2) is 4.84. The lowest BCUT2D eigenvalue weighted by molar-refractivity contribution is 1.32. The van der Waals surface area contributed by atoms with Gasteiger partial charge in [-0.1, -0.05) is 27.8 Å². The largest absolute Gasteiger partial charge is 0.192 e. The molecule has 70 valence electrons. The number of hydrogen-bond acceptors (Lipinski definition) is 1. The van der Waals surface area contributed by atoms with E-state index in [2.05, 4.69) is 33.8 Å². The van der Waals surface area contributed by atoms with Crippen molar-refractivity contribution >= 4 is 15.9 Å². The fourth-order valence-corrected chi connectivity index (χ4v) is 1.49. The second-order valence-electron chi connectivity index (χ2n) is 3.03. The number of benzene rings is 1. The highest BCUT2D eigenvalue weighted by Crippen LogP contribution is 2.14. The summed E-state index contributed by atoms with van der Waals surface area (Å²) in [5.74, 6) is 6.04. The Morgan fingerprint density at radius 1 is 1.29 bits per heavy atom. The third-order valence-corrected chi connectivity index (χ3v) is 2.22. The van der Waals surface area contributed by atoms with Crippen LogP contribution in [0.25, 0.3) is 0 Å². The van der Waals surface area contributed by atoms with E-state index < -0.39 is 0 Å². The SMILES string of the molecule is Cc1cc(C#N)cc(C)c1C#CCBr. The highest BCUT2D eigenvalue weighted by molar-refractivity contribution is 9.09. The molecule has 0 aliphatic rings. The van der Waals surface area contributed by atoms with Gasteiger partial charge in [0.25, 0.3) is 0 Å². The summed E-state index contributed by atoms with van der Waals surface area (Å²) in [6.07, 6.45) is 0. The van der Waals surface area contributed by atoms with Crippen molar-refractivity contribution < 1.29 is 0 Å². The molecule has 0 atom stereocenters. The maximum atomic E-state index is 8.76. The minimum absolute atomic E-state index is 0.673. The number of alkyl halides is 1. The van der Waals surface area contributed by atoms with Gasteiger partial charge in [-0.2, -0.15) is 5.26 Å². The quantitative estimate of drug-likeness (QED) is 0.511. The van der Waals surface area contributed by atoms with Crippen molar-refractivity contribution in [3.8, 4) is 17.9 Å². The van der Waals surface area contributed by atoms with E-state index in [0.29, 0.717) is 10.9 Å². The van der Waals surface area contributed by atoms with Gasteiger partial charge in [-0.25, -0.2) is 0 Å². The van der Waals surface area contributed by atoms with Gasteiger partial charge >= 0.3 is 0 Å². The predicted molar refractivity (Wildman–Crippen MR) is 61.3 cm³/mol. The minimum Gasteiger partial charge on any atom is -0.192 e. The van der Waals surface area contributed by atoms with Crippen LogP contribution in [0, 0.1) is 37.0 Å². The van der Waals surface area contributed by atoms with E-state index in [-0.39, 0.29) is 0 Å². The molecule has 0 N–H and O–H groups in total. The van der Waals surface area contributed by atoms with Gasteiger partial charge in [-0.15, -0.1) is 0 Å². The van der Waals surface area contributed by atoms with Crippen molar-refractivity contribution in [1.29, 1.82) is 5.26 Å². The molecule has 1 aromatic carbocycles. The molecule has 1 nitrogen and oxygen atoms in total. The molecule has 0 saturated heterocycles. The fourth-order valence-electron chi connectivity index (χ4n) is 1.35. The molecule has 0 fully saturated rings. The molecule has 0 aliphatic carbocycles. The van der Waals surface area contributed by atoms with Crippen LogP contribution < -0.4 is 0 Å². The Hall–Kier alpha value is -1.25. The van der Waals surface area contributed by atoms with Crippen molar-refractivity contribution in [1.82, 2.24) is 0 Å². The molecule has 14 heavy (non-hydrogen) atoms. The standard InChI is InChI=1S/C12H10BrN/c1-9-6-11(8-14)7-10(2)12(9)4-3-5-13/h6-7H,5H2,1-2H3. The summed E-state index contributed by atoms with van der Waals surface area (Å²) in [5, 5.41) is 9.43. The van der Waals surface area contributed by atoms with Crippen molar-refractivity contribution in [2.75, 3.05) is 5.33 Å². The predicted octanol–water partition coefficient (Wildman–Crippen LogP) is 2.92. The van der Waals surface area contributed by atoms with Gasteiger partial charge in [-0.3, -0.25) is 0 Å². The Morgan fingerprint density at radius 2 is 1.86 bits per heavy atom. The Morgan fingerprint density at radius 3 is 2.29 bits per heavy atom. The summed E-state index contributed by atoms with van der Waals surface area (Å²) in [7, 11) is 0. The Labute approximate surface area is 92.9 Å². The lowest BCUT2D eigenvalue weighted by atomic mass is 10.0. The monoisotopic (exact) mass is 247 g/mol. The van der Waals surface area contributed by atoms with Crippen LogP contribution in [-0.2, 0) is 0 Å². The van der Waals surface area contributed by atoms with Crippen molar-refractivity contribution in [2.24, 2.45) is 0 Å². The molecule has 1 aromatic rings. The third kappa shape index (κ3) is 2.37. The molecule has 0 aromatic heterocycles. The van der Waals surface area contributed by atoms with E-state index >= 15 is 0 Å². The van der Waals surface area contributed by atoms with Crippen LogP contribution in [0.3, 0.4) is 0 Å². The number of nitriles is 1. The normalized spacial score (nSPS) is 8.71. The van der Waals surface area contributed by atoms with Gasteiger partial charge in [0.05, 0.1) is 17.0 Å². The molecular formula is C12H10BrN. The van der Waals surface area contributed by atoms with Crippen LogP contribution in [-0.4, -0.2) is 5.33 Å². The van der Waals surface area contributed by atoms with Crippen LogP contribution >= 0.6 is 15.9 Å².